The number of ketones is 1. The predicted molar refractivity (Wildman–Crippen MR) is 92.9 cm³/mol. The van der Waals surface area contributed by atoms with Gasteiger partial charge in [-0.3, -0.25) is 4.79 Å². The molecule has 2 unspecified atom stereocenters. The number of ether oxygens (including phenoxy) is 1. The van der Waals surface area contributed by atoms with Crippen LogP contribution in [0.3, 0.4) is 0 Å². The van der Waals surface area contributed by atoms with Crippen molar-refractivity contribution in [1.82, 2.24) is 0 Å². The van der Waals surface area contributed by atoms with Gasteiger partial charge in [0, 0.05) is 5.56 Å². The highest BCUT2D eigenvalue weighted by Gasteiger charge is 2.36. The van der Waals surface area contributed by atoms with E-state index < -0.39 is 18.0 Å². The first kappa shape index (κ1) is 15.6. The molecule has 25 heavy (non-hydrogen) atoms. The van der Waals surface area contributed by atoms with Gasteiger partial charge < -0.3 is 20.1 Å². The van der Waals surface area contributed by atoms with Gasteiger partial charge in [0.25, 0.3) is 0 Å². The van der Waals surface area contributed by atoms with Crippen molar-refractivity contribution in [2.45, 2.75) is 12.2 Å². The van der Waals surface area contributed by atoms with E-state index in [0.29, 0.717) is 33.4 Å². The summed E-state index contributed by atoms with van der Waals surface area (Å²) in [5, 5.41) is 31.7. The molecule has 0 saturated heterocycles. The zero-order chi connectivity index (χ0) is 17.7. The topological polar surface area (TPSA) is 87.0 Å². The van der Waals surface area contributed by atoms with Crippen molar-refractivity contribution in [2.75, 3.05) is 7.11 Å². The van der Waals surface area contributed by atoms with Gasteiger partial charge in [0.15, 0.2) is 17.3 Å². The number of carbonyl (C=O) groups is 1. The maximum Gasteiger partial charge on any atom is 0.195 e. The monoisotopic (exact) mass is 336 g/mol. The number of rotatable bonds is 2. The van der Waals surface area contributed by atoms with Crippen molar-refractivity contribution >= 4 is 16.6 Å². The summed E-state index contributed by atoms with van der Waals surface area (Å²) in [6, 6.07) is 13.9. The van der Waals surface area contributed by atoms with Crippen LogP contribution in [0.5, 0.6) is 11.5 Å². The highest BCUT2D eigenvalue weighted by molar-refractivity contribution is 6.18. The molecule has 0 spiro atoms. The van der Waals surface area contributed by atoms with Gasteiger partial charge in [-0.05, 0) is 39.6 Å². The van der Waals surface area contributed by atoms with Crippen molar-refractivity contribution in [1.29, 1.82) is 0 Å². The Hall–Kier alpha value is -2.89. The molecule has 0 aliphatic heterocycles. The second-order valence-electron chi connectivity index (χ2n) is 6.07. The molecule has 5 nitrogen and oxygen atoms in total. The first-order valence-electron chi connectivity index (χ1n) is 7.86. The lowest BCUT2D eigenvalue weighted by molar-refractivity contribution is 0.0193. The van der Waals surface area contributed by atoms with Gasteiger partial charge in [0.2, 0.25) is 0 Å². The second kappa shape index (κ2) is 5.58. The predicted octanol–water partition coefficient (Wildman–Crippen LogP) is 2.81. The molecule has 0 heterocycles. The molecule has 4 rings (SSSR count). The van der Waals surface area contributed by atoms with E-state index in [4.69, 9.17) is 4.74 Å². The van der Waals surface area contributed by atoms with Crippen LogP contribution in [0, 0.1) is 0 Å². The molecule has 0 fully saturated rings. The van der Waals surface area contributed by atoms with Crippen LogP contribution < -0.4 is 4.74 Å². The molecule has 1 aliphatic rings. The zero-order valence-corrected chi connectivity index (χ0v) is 13.4. The zero-order valence-electron chi connectivity index (χ0n) is 13.4. The molecule has 0 aromatic heterocycles. The van der Waals surface area contributed by atoms with Crippen LogP contribution in [-0.2, 0) is 0 Å². The first-order valence-corrected chi connectivity index (χ1v) is 7.86. The van der Waals surface area contributed by atoms with Crippen molar-refractivity contribution in [3.63, 3.8) is 0 Å². The number of aromatic hydroxyl groups is 1. The maximum absolute atomic E-state index is 12.7. The van der Waals surface area contributed by atoms with E-state index in [2.05, 4.69) is 0 Å². The van der Waals surface area contributed by atoms with Crippen molar-refractivity contribution < 1.29 is 24.9 Å². The lowest BCUT2D eigenvalue weighted by atomic mass is 9.80. The fourth-order valence-electron chi connectivity index (χ4n) is 3.46. The van der Waals surface area contributed by atoms with Crippen molar-refractivity contribution in [3.05, 3.63) is 59.7 Å². The average Bonchev–Trinajstić information content (AvgIpc) is 2.64. The Balaban J connectivity index is 2.07. The number of methoxy groups -OCH3 is 1. The third-order valence-corrected chi connectivity index (χ3v) is 4.70. The summed E-state index contributed by atoms with van der Waals surface area (Å²) >= 11 is 0. The fraction of sp³-hybridized carbons (Fsp3) is 0.150. The maximum atomic E-state index is 12.7. The van der Waals surface area contributed by atoms with E-state index in [1.807, 2.05) is 12.1 Å². The quantitative estimate of drug-likeness (QED) is 0.670. The minimum Gasteiger partial charge on any atom is -0.504 e. The van der Waals surface area contributed by atoms with Crippen LogP contribution in [0.25, 0.3) is 21.9 Å². The van der Waals surface area contributed by atoms with Crippen LogP contribution in [-0.4, -0.2) is 34.3 Å². The lowest BCUT2D eigenvalue weighted by Gasteiger charge is -2.27. The van der Waals surface area contributed by atoms with Gasteiger partial charge in [-0.15, -0.1) is 0 Å². The van der Waals surface area contributed by atoms with Crippen LogP contribution in [0.2, 0.25) is 0 Å². The van der Waals surface area contributed by atoms with Gasteiger partial charge in [-0.2, -0.15) is 0 Å². The molecular weight excluding hydrogens is 320 g/mol. The molecule has 0 bridgehead atoms. The summed E-state index contributed by atoms with van der Waals surface area (Å²) in [7, 11) is 1.45. The van der Waals surface area contributed by atoms with Gasteiger partial charge >= 0.3 is 0 Å². The molecule has 3 N–H and O–H groups in total. The Labute approximate surface area is 143 Å². The van der Waals surface area contributed by atoms with Crippen LogP contribution in [0.15, 0.2) is 48.5 Å². The summed E-state index contributed by atoms with van der Waals surface area (Å²) < 4.78 is 5.15. The summed E-state index contributed by atoms with van der Waals surface area (Å²) in [6.45, 7) is 0. The number of Topliss-reactive ketones (excluding diaryl/α,β-unsaturated/α-hetero) is 1. The van der Waals surface area contributed by atoms with Gasteiger partial charge in [-0.25, -0.2) is 0 Å². The molecule has 0 saturated carbocycles. The molecule has 0 amide bonds. The smallest absolute Gasteiger partial charge is 0.195 e. The van der Waals surface area contributed by atoms with Crippen molar-refractivity contribution in [2.24, 2.45) is 0 Å². The van der Waals surface area contributed by atoms with Crippen LogP contribution in [0.4, 0.5) is 0 Å². The fourth-order valence-corrected chi connectivity index (χ4v) is 3.46. The van der Waals surface area contributed by atoms with Gasteiger partial charge in [-0.1, -0.05) is 36.4 Å². The number of phenols is 1. The van der Waals surface area contributed by atoms with E-state index in [1.54, 1.807) is 30.3 Å². The minimum atomic E-state index is -1.50. The Morgan fingerprint density at radius 2 is 1.80 bits per heavy atom. The van der Waals surface area contributed by atoms with Gasteiger partial charge in [0.05, 0.1) is 7.11 Å². The third-order valence-electron chi connectivity index (χ3n) is 4.70. The molecule has 2 atom stereocenters. The Bertz CT molecular complexity index is 1010. The molecular formula is C20H16O5. The highest BCUT2D eigenvalue weighted by atomic mass is 16.5. The number of aliphatic hydroxyl groups is 2. The van der Waals surface area contributed by atoms with Gasteiger partial charge in [0.1, 0.15) is 12.2 Å². The number of aliphatic hydroxyl groups excluding tert-OH is 2. The molecule has 126 valence electrons. The van der Waals surface area contributed by atoms with E-state index >= 15 is 0 Å². The van der Waals surface area contributed by atoms with E-state index in [1.165, 1.54) is 13.2 Å². The number of carbonyl (C=O) groups excluding carboxylic acids is 1. The largest absolute Gasteiger partial charge is 0.504 e. The minimum absolute atomic E-state index is 0.00292. The number of hydrogen-bond donors (Lipinski definition) is 3. The first-order chi connectivity index (χ1) is 12.0. The normalized spacial score (nSPS) is 19.2. The molecule has 1 aliphatic carbocycles. The Morgan fingerprint density at radius 1 is 1.00 bits per heavy atom. The second-order valence-corrected chi connectivity index (χ2v) is 6.07. The molecule has 3 aromatic carbocycles. The van der Waals surface area contributed by atoms with E-state index in [9.17, 15) is 20.1 Å². The average molecular weight is 336 g/mol. The van der Waals surface area contributed by atoms with Crippen molar-refractivity contribution in [3.8, 4) is 22.6 Å². The number of hydrogen-bond acceptors (Lipinski definition) is 5. The summed E-state index contributed by atoms with van der Waals surface area (Å²) in [6.07, 6.45) is -2.74. The third kappa shape index (κ3) is 2.21. The molecule has 5 heteroatoms. The number of phenolic OH excluding ortho intramolecular Hbond substituents is 1. The summed E-state index contributed by atoms with van der Waals surface area (Å²) in [4.78, 5) is 12.7. The lowest BCUT2D eigenvalue weighted by Crippen LogP contribution is -2.32. The van der Waals surface area contributed by atoms with E-state index in [0.717, 1.165) is 5.39 Å². The van der Waals surface area contributed by atoms with Crippen LogP contribution in [0.1, 0.15) is 22.0 Å². The summed E-state index contributed by atoms with van der Waals surface area (Å²) in [5.74, 6) is -0.219. The molecule has 0 radical (unpaired) electrons. The Kier molecular flexibility index (Phi) is 3.49. The highest BCUT2D eigenvalue weighted by Crippen LogP contribution is 2.41. The molecule has 3 aromatic rings. The standard InChI is InChI=1S/C20H16O5/c1-25-15-9-11(6-8-14(15)21)12-7-5-10-3-2-4-13-16(10)17(12)19(23)20(24)18(13)22/h2-9,18,20-22,24H,1H3. The summed E-state index contributed by atoms with van der Waals surface area (Å²) in [5.41, 5.74) is 2.21. The van der Waals surface area contributed by atoms with E-state index in [-0.39, 0.29) is 5.75 Å². The SMILES string of the molecule is COc1cc(-c2ccc3cccc4c3c2C(=O)C(O)C4O)ccc1O. The number of benzene rings is 3. The van der Waals surface area contributed by atoms with Crippen LogP contribution >= 0.6 is 0 Å². The Morgan fingerprint density at radius 3 is 2.56 bits per heavy atom.